The van der Waals surface area contributed by atoms with Crippen molar-refractivity contribution in [1.82, 2.24) is 29.8 Å². The fourth-order valence-corrected chi connectivity index (χ4v) is 2.38. The Morgan fingerprint density at radius 1 is 1.37 bits per heavy atom. The molecule has 0 fully saturated rings. The zero-order valence-electron chi connectivity index (χ0n) is 14.3. The molecule has 0 spiro atoms. The van der Waals surface area contributed by atoms with E-state index in [1.54, 1.807) is 22.9 Å². The lowest BCUT2D eigenvalue weighted by Gasteiger charge is -2.22. The minimum Gasteiger partial charge on any atom is -0.394 e. The van der Waals surface area contributed by atoms with Gasteiger partial charge in [-0.25, -0.2) is 15.0 Å². The zero-order valence-corrected chi connectivity index (χ0v) is 14.3. The Kier molecular flexibility index (Phi) is 5.86. The highest BCUT2D eigenvalue weighted by Crippen LogP contribution is 2.14. The van der Waals surface area contributed by atoms with Gasteiger partial charge in [-0.1, -0.05) is 0 Å². The average molecular weight is 373 g/mol. The van der Waals surface area contributed by atoms with Crippen LogP contribution in [-0.2, 0) is 11.5 Å². The molecular weight excluding hydrogens is 354 g/mol. The number of nitrogen functional groups attached to an aromatic ring is 1. The molecule has 0 aliphatic rings. The van der Waals surface area contributed by atoms with E-state index in [1.165, 1.54) is 18.9 Å². The molecule has 0 aliphatic carbocycles. The molecule has 0 saturated heterocycles. The lowest BCUT2D eigenvalue weighted by Crippen LogP contribution is -2.42. The average Bonchev–Trinajstić information content (AvgIpc) is 3.12. The van der Waals surface area contributed by atoms with Crippen LogP contribution in [0.4, 0.5) is 5.82 Å². The molecule has 0 aromatic carbocycles. The Hall–Kier alpha value is -3.15. The summed E-state index contributed by atoms with van der Waals surface area (Å²) >= 11 is 0. The van der Waals surface area contributed by atoms with Crippen molar-refractivity contribution in [1.29, 1.82) is 0 Å². The number of aromatic nitrogens is 5. The summed E-state index contributed by atoms with van der Waals surface area (Å²) < 4.78 is 7.11. The molecule has 0 aliphatic heterocycles. The Balaban J connectivity index is 1.56. The van der Waals surface area contributed by atoms with Crippen LogP contribution < -0.4 is 11.1 Å². The molecule has 0 saturated carbocycles. The number of hydrogen-bond donors (Lipinski definition) is 4. The molecule has 3 rings (SSSR count). The predicted molar refractivity (Wildman–Crippen MR) is 94.3 cm³/mol. The summed E-state index contributed by atoms with van der Waals surface area (Å²) in [6.07, 6.45) is 3.71. The molecule has 0 radical (unpaired) electrons. The smallest absolute Gasteiger partial charge is 0.252 e. The van der Waals surface area contributed by atoms with Gasteiger partial charge in [-0.15, -0.1) is 0 Å². The van der Waals surface area contributed by atoms with E-state index < -0.39 is 18.8 Å². The maximum Gasteiger partial charge on any atom is 0.252 e. The van der Waals surface area contributed by atoms with Crippen LogP contribution in [0.25, 0.3) is 11.2 Å². The van der Waals surface area contributed by atoms with Gasteiger partial charge in [0, 0.05) is 18.9 Å². The van der Waals surface area contributed by atoms with Gasteiger partial charge < -0.3 is 26.0 Å². The van der Waals surface area contributed by atoms with Crippen LogP contribution in [0.1, 0.15) is 10.4 Å². The third-order valence-electron chi connectivity index (χ3n) is 3.86. The van der Waals surface area contributed by atoms with Gasteiger partial charge in [0.15, 0.2) is 11.5 Å². The van der Waals surface area contributed by atoms with E-state index in [1.807, 2.05) is 0 Å². The molecule has 5 N–H and O–H groups in total. The van der Waals surface area contributed by atoms with Crippen LogP contribution >= 0.6 is 0 Å². The predicted octanol–water partition coefficient (Wildman–Crippen LogP) is -1.07. The highest BCUT2D eigenvalue weighted by molar-refractivity contribution is 5.93. The van der Waals surface area contributed by atoms with Crippen molar-refractivity contribution in [3.63, 3.8) is 0 Å². The molecule has 3 heterocycles. The second-order valence-corrected chi connectivity index (χ2v) is 5.68. The number of carbonyl (C=O) groups is 1. The van der Waals surface area contributed by atoms with Crippen LogP contribution in [0.3, 0.4) is 0 Å². The topological polar surface area (TPSA) is 161 Å². The van der Waals surface area contributed by atoms with Crippen molar-refractivity contribution in [2.45, 2.75) is 18.9 Å². The molecule has 142 valence electrons. The number of nitrogens with one attached hydrogen (secondary N) is 1. The number of aliphatic hydroxyl groups is 2. The van der Waals surface area contributed by atoms with E-state index in [4.69, 9.17) is 10.5 Å². The summed E-state index contributed by atoms with van der Waals surface area (Å²) in [5.41, 5.74) is 7.00. The minimum absolute atomic E-state index is 0.0220. The number of rotatable bonds is 8. The van der Waals surface area contributed by atoms with Gasteiger partial charge in [0.25, 0.3) is 5.91 Å². The Labute approximate surface area is 153 Å². The molecule has 3 aromatic rings. The summed E-state index contributed by atoms with van der Waals surface area (Å²) in [7, 11) is 0. The van der Waals surface area contributed by atoms with Gasteiger partial charge in [-0.3, -0.25) is 14.3 Å². The minimum atomic E-state index is -1.12. The van der Waals surface area contributed by atoms with Crippen molar-refractivity contribution in [2.24, 2.45) is 0 Å². The summed E-state index contributed by atoms with van der Waals surface area (Å²) in [4.78, 5) is 27.9. The standard InChI is InChI=1S/C16H19N7O4/c17-14-13-15(21-7-20-14)23(8-22-13)9-27-12(6-24)11(25)5-19-16(26)10-2-1-3-18-4-10/h1-4,7-8,11-12,24-25H,5-6,9H2,(H,19,26)(H2,17,20,21)/t11?,12-/m1/s1. The summed E-state index contributed by atoms with van der Waals surface area (Å²) in [5.74, 6) is -0.137. The number of imidazole rings is 1. The number of fused-ring (bicyclic) bond motifs is 1. The summed E-state index contributed by atoms with van der Waals surface area (Å²) in [5, 5.41) is 22.3. The van der Waals surface area contributed by atoms with Gasteiger partial charge in [0.1, 0.15) is 24.7 Å². The lowest BCUT2D eigenvalue weighted by atomic mass is 10.2. The van der Waals surface area contributed by atoms with E-state index in [0.29, 0.717) is 16.7 Å². The third-order valence-corrected chi connectivity index (χ3v) is 3.86. The lowest BCUT2D eigenvalue weighted by molar-refractivity contribution is -0.0848. The monoisotopic (exact) mass is 373 g/mol. The number of hydrogen-bond acceptors (Lipinski definition) is 9. The molecular formula is C16H19N7O4. The first-order valence-electron chi connectivity index (χ1n) is 8.10. The van der Waals surface area contributed by atoms with Crippen molar-refractivity contribution in [2.75, 3.05) is 18.9 Å². The molecule has 3 aromatic heterocycles. The highest BCUT2D eigenvalue weighted by atomic mass is 16.5. The second kappa shape index (κ2) is 8.49. The van der Waals surface area contributed by atoms with Gasteiger partial charge in [0.2, 0.25) is 0 Å². The normalized spacial score (nSPS) is 13.4. The number of aliphatic hydroxyl groups excluding tert-OH is 2. The number of nitrogens with zero attached hydrogens (tertiary/aromatic N) is 5. The highest BCUT2D eigenvalue weighted by Gasteiger charge is 2.21. The Morgan fingerprint density at radius 3 is 2.96 bits per heavy atom. The van der Waals surface area contributed by atoms with E-state index >= 15 is 0 Å². The summed E-state index contributed by atoms with van der Waals surface area (Å²) in [6.45, 7) is -0.557. The fraction of sp³-hybridized carbons (Fsp3) is 0.312. The zero-order chi connectivity index (χ0) is 19.2. The quantitative estimate of drug-likeness (QED) is 0.385. The fourth-order valence-electron chi connectivity index (χ4n) is 2.38. The van der Waals surface area contributed by atoms with Crippen LogP contribution in [0, 0.1) is 0 Å². The Morgan fingerprint density at radius 2 is 2.22 bits per heavy atom. The first kappa shape index (κ1) is 18.6. The number of nitrogens with two attached hydrogens (primary N) is 1. The molecule has 1 unspecified atom stereocenters. The number of pyridine rings is 1. The van der Waals surface area contributed by atoms with Crippen LogP contribution in [0.5, 0.6) is 0 Å². The van der Waals surface area contributed by atoms with E-state index in [0.717, 1.165) is 0 Å². The van der Waals surface area contributed by atoms with Crippen molar-refractivity contribution in [3.8, 4) is 0 Å². The molecule has 0 bridgehead atoms. The van der Waals surface area contributed by atoms with Crippen LogP contribution in [0.2, 0.25) is 0 Å². The summed E-state index contributed by atoms with van der Waals surface area (Å²) in [6, 6.07) is 3.24. The SMILES string of the molecule is Nc1ncnc2c1ncn2CO[C@H](CO)C(O)CNC(=O)c1cccnc1. The number of carbonyl (C=O) groups excluding carboxylic acids is 1. The van der Waals surface area contributed by atoms with Gasteiger partial charge in [-0.2, -0.15) is 0 Å². The van der Waals surface area contributed by atoms with Gasteiger partial charge >= 0.3 is 0 Å². The van der Waals surface area contributed by atoms with Gasteiger partial charge in [-0.05, 0) is 12.1 Å². The van der Waals surface area contributed by atoms with E-state index in [9.17, 15) is 15.0 Å². The maximum atomic E-state index is 12.0. The van der Waals surface area contributed by atoms with Crippen LogP contribution in [0.15, 0.2) is 37.2 Å². The number of amides is 1. The molecule has 1 amide bonds. The first-order valence-corrected chi connectivity index (χ1v) is 8.10. The molecule has 11 heteroatoms. The van der Waals surface area contributed by atoms with Crippen molar-refractivity contribution >= 4 is 22.9 Å². The second-order valence-electron chi connectivity index (χ2n) is 5.68. The molecule has 2 atom stereocenters. The molecule has 11 nitrogen and oxygen atoms in total. The number of anilines is 1. The van der Waals surface area contributed by atoms with E-state index in [2.05, 4.69) is 25.3 Å². The molecule has 27 heavy (non-hydrogen) atoms. The van der Waals surface area contributed by atoms with Crippen molar-refractivity contribution in [3.05, 3.63) is 42.7 Å². The van der Waals surface area contributed by atoms with Gasteiger partial charge in [0.05, 0.1) is 24.6 Å². The largest absolute Gasteiger partial charge is 0.394 e. The number of ether oxygens (including phenoxy) is 1. The Bertz CT molecular complexity index is 902. The van der Waals surface area contributed by atoms with Crippen LogP contribution in [-0.4, -0.2) is 66.0 Å². The first-order chi connectivity index (χ1) is 13.1. The maximum absolute atomic E-state index is 12.0. The van der Waals surface area contributed by atoms with Crippen molar-refractivity contribution < 1.29 is 19.7 Å². The van der Waals surface area contributed by atoms with E-state index in [-0.39, 0.29) is 25.0 Å². The third kappa shape index (κ3) is 4.34.